The molecule has 0 N–H and O–H groups in total. The van der Waals surface area contributed by atoms with E-state index in [4.69, 9.17) is 4.74 Å². The topological polar surface area (TPSA) is 59.3 Å². The molecule has 170 valence electrons. The van der Waals surface area contributed by atoms with Crippen LogP contribution in [0.3, 0.4) is 0 Å². The van der Waals surface area contributed by atoms with E-state index < -0.39 is 11.7 Å². The van der Waals surface area contributed by atoms with Crippen LogP contribution in [0.1, 0.15) is 28.6 Å². The van der Waals surface area contributed by atoms with Gasteiger partial charge in [0, 0.05) is 26.2 Å². The lowest BCUT2D eigenvalue weighted by Crippen LogP contribution is -2.46. The number of tetrazole rings is 1. The van der Waals surface area contributed by atoms with Crippen LogP contribution in [0, 0.1) is 0 Å². The van der Waals surface area contributed by atoms with Gasteiger partial charge in [-0.2, -0.15) is 13.2 Å². The van der Waals surface area contributed by atoms with Crippen molar-refractivity contribution in [2.24, 2.45) is 0 Å². The minimum absolute atomic E-state index is 0.348. The first-order chi connectivity index (χ1) is 15.3. The number of hydrogen-bond donors (Lipinski definition) is 0. The summed E-state index contributed by atoms with van der Waals surface area (Å²) in [5.74, 6) is 1.36. The van der Waals surface area contributed by atoms with Crippen LogP contribution in [0.5, 0.6) is 5.75 Å². The monoisotopic (exact) mass is 446 g/mol. The van der Waals surface area contributed by atoms with Crippen LogP contribution in [-0.2, 0) is 12.7 Å². The number of likely N-dealkylation sites (N-methyl/N-ethyl adjacent to an activating group) is 1. The fourth-order valence-electron chi connectivity index (χ4n) is 3.88. The first-order valence-electron chi connectivity index (χ1n) is 10.3. The van der Waals surface area contributed by atoms with Crippen molar-refractivity contribution in [3.05, 3.63) is 71.0 Å². The predicted molar refractivity (Wildman–Crippen MR) is 112 cm³/mol. The number of hydrogen-bond acceptors (Lipinski definition) is 6. The molecular formula is C22H25F3N6O. The Labute approximate surface area is 184 Å². The number of benzene rings is 2. The summed E-state index contributed by atoms with van der Waals surface area (Å²) >= 11 is 0. The molecule has 0 spiro atoms. The van der Waals surface area contributed by atoms with E-state index in [1.807, 2.05) is 24.3 Å². The smallest absolute Gasteiger partial charge is 0.416 e. The molecule has 1 aliphatic rings. The van der Waals surface area contributed by atoms with Crippen molar-refractivity contribution in [2.75, 3.05) is 40.3 Å². The van der Waals surface area contributed by atoms with E-state index >= 15 is 0 Å². The highest BCUT2D eigenvalue weighted by molar-refractivity contribution is 5.31. The van der Waals surface area contributed by atoms with Crippen LogP contribution in [0.4, 0.5) is 13.2 Å². The second-order valence-electron chi connectivity index (χ2n) is 7.90. The molecule has 1 saturated heterocycles. The zero-order valence-electron chi connectivity index (χ0n) is 18.0. The second kappa shape index (κ2) is 9.25. The molecule has 3 aromatic rings. The van der Waals surface area contributed by atoms with Crippen LogP contribution in [0.25, 0.3) is 0 Å². The van der Waals surface area contributed by atoms with Gasteiger partial charge in [-0.25, -0.2) is 4.68 Å². The quantitative estimate of drug-likeness (QED) is 0.580. The second-order valence-corrected chi connectivity index (χ2v) is 7.90. The molecule has 0 aliphatic carbocycles. The lowest BCUT2D eigenvalue weighted by molar-refractivity contribution is -0.137. The van der Waals surface area contributed by atoms with Gasteiger partial charge in [-0.1, -0.05) is 24.3 Å². The number of aromatic nitrogens is 4. The zero-order valence-corrected chi connectivity index (χ0v) is 18.0. The van der Waals surface area contributed by atoms with E-state index in [9.17, 15) is 13.2 Å². The van der Waals surface area contributed by atoms with E-state index in [2.05, 4.69) is 32.4 Å². The average molecular weight is 446 g/mol. The maximum Gasteiger partial charge on any atom is 0.416 e. The fraction of sp³-hybridized carbons (Fsp3) is 0.409. The molecule has 0 amide bonds. The van der Waals surface area contributed by atoms with Gasteiger partial charge in [-0.15, -0.1) is 5.10 Å². The number of halogens is 3. The van der Waals surface area contributed by atoms with E-state index in [0.29, 0.717) is 12.4 Å². The highest BCUT2D eigenvalue weighted by Crippen LogP contribution is 2.33. The SMILES string of the molecule is COc1ccc(Cn2nnnc2C(c2ccc(C(F)(F)F)cc2)N2CCN(C)CC2)cc1. The Morgan fingerprint density at radius 3 is 2.22 bits per heavy atom. The predicted octanol–water partition coefficient (Wildman–Crippen LogP) is 3.09. The third kappa shape index (κ3) is 4.91. The standard InChI is InChI=1S/C22H25F3N6O/c1-29-11-13-30(14-12-29)20(17-5-7-18(8-6-17)22(23,24)25)21-26-27-28-31(21)15-16-3-9-19(32-2)10-4-16/h3-10,20H,11-15H2,1-2H3. The summed E-state index contributed by atoms with van der Waals surface area (Å²) in [4.78, 5) is 4.44. The van der Waals surface area contributed by atoms with Crippen LogP contribution in [-0.4, -0.2) is 70.3 Å². The molecule has 1 atom stereocenters. The molecule has 7 nitrogen and oxygen atoms in total. The summed E-state index contributed by atoms with van der Waals surface area (Å²) in [6.07, 6.45) is -4.38. The van der Waals surface area contributed by atoms with Gasteiger partial charge in [0.25, 0.3) is 0 Å². The number of alkyl halides is 3. The van der Waals surface area contributed by atoms with E-state index in [1.54, 1.807) is 11.8 Å². The minimum atomic E-state index is -4.38. The maximum absolute atomic E-state index is 13.1. The van der Waals surface area contributed by atoms with Crippen LogP contribution in [0.15, 0.2) is 48.5 Å². The van der Waals surface area contributed by atoms with Crippen molar-refractivity contribution in [2.45, 2.75) is 18.8 Å². The van der Waals surface area contributed by atoms with E-state index in [0.717, 1.165) is 55.2 Å². The molecule has 32 heavy (non-hydrogen) atoms. The Bertz CT molecular complexity index is 1010. The van der Waals surface area contributed by atoms with Gasteiger partial charge in [0.1, 0.15) is 5.75 Å². The number of ether oxygens (including phenoxy) is 1. The fourth-order valence-corrected chi connectivity index (χ4v) is 3.88. The Morgan fingerprint density at radius 1 is 0.969 bits per heavy atom. The molecule has 2 aromatic carbocycles. The Balaban J connectivity index is 1.67. The van der Waals surface area contributed by atoms with Gasteiger partial charge < -0.3 is 9.64 Å². The Morgan fingerprint density at radius 2 is 1.62 bits per heavy atom. The number of piperazine rings is 1. The van der Waals surface area contributed by atoms with Gasteiger partial charge >= 0.3 is 6.18 Å². The Hall–Kier alpha value is -2.98. The molecule has 0 bridgehead atoms. The molecule has 0 radical (unpaired) electrons. The third-order valence-corrected chi connectivity index (χ3v) is 5.75. The van der Waals surface area contributed by atoms with Crippen molar-refractivity contribution in [3.8, 4) is 5.75 Å². The van der Waals surface area contributed by atoms with Gasteiger partial charge in [0.2, 0.25) is 0 Å². The summed E-state index contributed by atoms with van der Waals surface area (Å²) < 4.78 is 46.2. The average Bonchev–Trinajstić information content (AvgIpc) is 3.23. The first kappa shape index (κ1) is 22.2. The molecule has 1 aliphatic heterocycles. The summed E-state index contributed by atoms with van der Waals surface area (Å²) in [7, 11) is 3.66. The highest BCUT2D eigenvalue weighted by atomic mass is 19.4. The van der Waals surface area contributed by atoms with Crippen LogP contribution >= 0.6 is 0 Å². The number of methoxy groups -OCH3 is 1. The lowest BCUT2D eigenvalue weighted by Gasteiger charge is -2.37. The van der Waals surface area contributed by atoms with Gasteiger partial charge in [0.15, 0.2) is 5.82 Å². The largest absolute Gasteiger partial charge is 0.497 e. The summed E-state index contributed by atoms with van der Waals surface area (Å²) in [5.41, 5.74) is 1.05. The molecule has 1 aromatic heterocycles. The third-order valence-electron chi connectivity index (χ3n) is 5.75. The normalized spacial score (nSPS) is 16.8. The summed E-state index contributed by atoms with van der Waals surface area (Å²) in [6, 6.07) is 12.6. The first-order valence-corrected chi connectivity index (χ1v) is 10.3. The van der Waals surface area contributed by atoms with Crippen LogP contribution in [0.2, 0.25) is 0 Å². The molecule has 0 saturated carbocycles. The Kier molecular flexibility index (Phi) is 6.43. The molecule has 1 fully saturated rings. The molecule has 1 unspecified atom stereocenters. The maximum atomic E-state index is 13.1. The number of rotatable bonds is 6. The van der Waals surface area contributed by atoms with Gasteiger partial charge in [0.05, 0.1) is 25.3 Å². The minimum Gasteiger partial charge on any atom is -0.497 e. The summed E-state index contributed by atoms with van der Waals surface area (Å²) in [5, 5.41) is 12.3. The highest BCUT2D eigenvalue weighted by Gasteiger charge is 2.33. The number of nitrogens with zero attached hydrogens (tertiary/aromatic N) is 6. The van der Waals surface area contributed by atoms with Crippen molar-refractivity contribution in [1.29, 1.82) is 0 Å². The van der Waals surface area contributed by atoms with Crippen molar-refractivity contribution in [3.63, 3.8) is 0 Å². The lowest BCUT2D eigenvalue weighted by atomic mass is 10.0. The molecule has 4 rings (SSSR count). The van der Waals surface area contributed by atoms with Gasteiger partial charge in [-0.05, 0) is 52.9 Å². The molecular weight excluding hydrogens is 421 g/mol. The summed E-state index contributed by atoms with van der Waals surface area (Å²) in [6.45, 7) is 3.68. The van der Waals surface area contributed by atoms with E-state index in [1.165, 1.54) is 12.1 Å². The molecule has 2 heterocycles. The van der Waals surface area contributed by atoms with E-state index in [-0.39, 0.29) is 6.04 Å². The van der Waals surface area contributed by atoms with Crippen molar-refractivity contribution in [1.82, 2.24) is 30.0 Å². The van der Waals surface area contributed by atoms with Crippen molar-refractivity contribution < 1.29 is 17.9 Å². The van der Waals surface area contributed by atoms with Crippen molar-refractivity contribution >= 4 is 0 Å². The van der Waals surface area contributed by atoms with Crippen LogP contribution < -0.4 is 4.74 Å². The molecule has 10 heteroatoms. The van der Waals surface area contributed by atoms with Gasteiger partial charge in [-0.3, -0.25) is 4.90 Å². The zero-order chi connectivity index (χ0) is 22.7.